The summed E-state index contributed by atoms with van der Waals surface area (Å²) in [6.07, 6.45) is 0. The number of halogens is 3. The number of rotatable bonds is 4. The molecular weight excluding hydrogens is 361 g/mol. The van der Waals surface area contributed by atoms with Gasteiger partial charge in [0.2, 0.25) is 3.79 Å². The number of nitrogens with one attached hydrogen (secondary N) is 1. The maximum Gasteiger partial charge on any atom is 0.252 e. The summed E-state index contributed by atoms with van der Waals surface area (Å²) in [7, 11) is 0. The molecule has 2 rings (SSSR count). The van der Waals surface area contributed by atoms with Gasteiger partial charge in [0.25, 0.3) is 5.91 Å². The van der Waals surface area contributed by atoms with Crippen LogP contribution in [0.25, 0.3) is 0 Å². The number of carbonyl (C=O) groups is 1. The molecule has 1 atom stereocenters. The molecule has 0 bridgehead atoms. The topological polar surface area (TPSA) is 29.1 Å². The Morgan fingerprint density at radius 3 is 2.23 bits per heavy atom. The second kappa shape index (κ2) is 7.60. The van der Waals surface area contributed by atoms with Gasteiger partial charge >= 0.3 is 0 Å². The first-order valence-electron chi connectivity index (χ1n) is 6.53. The lowest BCUT2D eigenvalue weighted by Gasteiger charge is -2.25. The standard InChI is InChI=1S/C16H14Cl3NOS/c1-11-7-5-6-10-13(11)14(21)20-15(16(17,18)19)22-12-8-3-2-4-9-12/h2-10,15H,1H3,(H,20,21). The molecule has 0 heterocycles. The minimum Gasteiger partial charge on any atom is -0.336 e. The highest BCUT2D eigenvalue weighted by Gasteiger charge is 2.35. The van der Waals surface area contributed by atoms with Crippen molar-refractivity contribution in [3.8, 4) is 0 Å². The average molecular weight is 375 g/mol. The molecule has 1 unspecified atom stereocenters. The monoisotopic (exact) mass is 373 g/mol. The quantitative estimate of drug-likeness (QED) is 0.452. The Morgan fingerprint density at radius 1 is 1.05 bits per heavy atom. The van der Waals surface area contributed by atoms with Crippen molar-refractivity contribution in [2.75, 3.05) is 0 Å². The summed E-state index contributed by atoms with van der Waals surface area (Å²) < 4.78 is -1.63. The van der Waals surface area contributed by atoms with Gasteiger partial charge < -0.3 is 5.32 Å². The lowest BCUT2D eigenvalue weighted by atomic mass is 10.1. The van der Waals surface area contributed by atoms with Crippen LogP contribution in [0.3, 0.4) is 0 Å². The van der Waals surface area contributed by atoms with Crippen LogP contribution in [0.5, 0.6) is 0 Å². The molecule has 116 valence electrons. The summed E-state index contributed by atoms with van der Waals surface area (Å²) in [5.41, 5.74) is 1.43. The fraction of sp³-hybridized carbons (Fsp3) is 0.188. The van der Waals surface area contributed by atoms with Crippen LogP contribution >= 0.6 is 46.6 Å². The van der Waals surface area contributed by atoms with E-state index >= 15 is 0 Å². The molecule has 0 aliphatic carbocycles. The van der Waals surface area contributed by atoms with Crippen LogP contribution in [0.1, 0.15) is 15.9 Å². The SMILES string of the molecule is Cc1ccccc1C(=O)NC(Sc1ccccc1)C(Cl)(Cl)Cl. The predicted molar refractivity (Wildman–Crippen MR) is 95.0 cm³/mol. The molecule has 2 nitrogen and oxygen atoms in total. The Kier molecular flexibility index (Phi) is 6.04. The van der Waals surface area contributed by atoms with Gasteiger partial charge in [-0.2, -0.15) is 0 Å². The third-order valence-electron chi connectivity index (χ3n) is 2.95. The molecular formula is C16H14Cl3NOS. The Bertz CT molecular complexity index is 643. The minimum atomic E-state index is -1.63. The molecule has 1 amide bonds. The highest BCUT2D eigenvalue weighted by atomic mass is 35.6. The molecule has 0 radical (unpaired) electrons. The molecule has 0 fully saturated rings. The summed E-state index contributed by atoms with van der Waals surface area (Å²) >= 11 is 19.3. The molecule has 22 heavy (non-hydrogen) atoms. The van der Waals surface area contributed by atoms with Crippen LogP contribution in [0, 0.1) is 6.92 Å². The van der Waals surface area contributed by atoms with E-state index in [1.165, 1.54) is 11.8 Å². The van der Waals surface area contributed by atoms with Gasteiger partial charge in [0, 0.05) is 10.5 Å². The molecule has 0 saturated carbocycles. The zero-order valence-electron chi connectivity index (χ0n) is 11.7. The Hall–Kier alpha value is -0.870. The largest absolute Gasteiger partial charge is 0.336 e. The number of hydrogen-bond donors (Lipinski definition) is 1. The van der Waals surface area contributed by atoms with Crippen LogP contribution in [0.15, 0.2) is 59.5 Å². The van der Waals surface area contributed by atoms with Gasteiger partial charge in [-0.3, -0.25) is 4.79 Å². The molecule has 0 saturated heterocycles. The first-order valence-corrected chi connectivity index (χ1v) is 8.54. The summed E-state index contributed by atoms with van der Waals surface area (Å²) in [5, 5.41) is 2.09. The fourth-order valence-corrected chi connectivity index (χ4v) is 3.29. The molecule has 1 N–H and O–H groups in total. The van der Waals surface area contributed by atoms with Crippen LogP contribution in [0.2, 0.25) is 0 Å². The second-order valence-corrected chi connectivity index (χ2v) is 8.19. The summed E-state index contributed by atoms with van der Waals surface area (Å²) in [6, 6.07) is 16.8. The van der Waals surface area contributed by atoms with Gasteiger partial charge in [-0.1, -0.05) is 83.0 Å². The van der Waals surface area contributed by atoms with Gasteiger partial charge in [-0.25, -0.2) is 0 Å². The van der Waals surface area contributed by atoms with Crippen molar-refractivity contribution in [1.29, 1.82) is 0 Å². The van der Waals surface area contributed by atoms with Crippen molar-refractivity contribution >= 4 is 52.5 Å². The van der Waals surface area contributed by atoms with Crippen molar-refractivity contribution in [1.82, 2.24) is 5.32 Å². The first kappa shape index (κ1) is 17.5. The Balaban J connectivity index is 2.17. The van der Waals surface area contributed by atoms with Gasteiger partial charge in [0.15, 0.2) is 0 Å². The Morgan fingerprint density at radius 2 is 1.64 bits per heavy atom. The molecule has 0 aromatic heterocycles. The van der Waals surface area contributed by atoms with Gasteiger partial charge in [0.1, 0.15) is 5.37 Å². The van der Waals surface area contributed by atoms with Crippen LogP contribution in [-0.2, 0) is 0 Å². The van der Waals surface area contributed by atoms with Crippen molar-refractivity contribution in [3.05, 3.63) is 65.7 Å². The molecule has 6 heteroatoms. The van der Waals surface area contributed by atoms with E-state index in [2.05, 4.69) is 5.32 Å². The van der Waals surface area contributed by atoms with E-state index in [1.807, 2.05) is 49.4 Å². The number of aryl methyl sites for hydroxylation is 1. The third-order valence-corrected chi connectivity index (χ3v) is 5.24. The summed E-state index contributed by atoms with van der Waals surface area (Å²) in [5.74, 6) is -0.266. The maximum atomic E-state index is 12.4. The van der Waals surface area contributed by atoms with E-state index in [0.717, 1.165) is 10.5 Å². The van der Waals surface area contributed by atoms with E-state index in [0.29, 0.717) is 5.56 Å². The number of carbonyl (C=O) groups excluding carboxylic acids is 1. The Labute approximate surface area is 149 Å². The number of amides is 1. The summed E-state index contributed by atoms with van der Waals surface area (Å²) in [4.78, 5) is 13.3. The van der Waals surface area contributed by atoms with E-state index in [9.17, 15) is 4.79 Å². The predicted octanol–water partition coefficient (Wildman–Crippen LogP) is 5.21. The van der Waals surface area contributed by atoms with Crippen LogP contribution in [0.4, 0.5) is 0 Å². The lowest BCUT2D eigenvalue weighted by Crippen LogP contribution is -2.41. The van der Waals surface area contributed by atoms with Gasteiger partial charge in [-0.05, 0) is 30.7 Å². The zero-order valence-corrected chi connectivity index (χ0v) is 14.8. The smallest absolute Gasteiger partial charge is 0.252 e. The highest BCUT2D eigenvalue weighted by Crippen LogP contribution is 2.39. The van der Waals surface area contributed by atoms with Crippen molar-refractivity contribution in [2.24, 2.45) is 0 Å². The van der Waals surface area contributed by atoms with E-state index in [4.69, 9.17) is 34.8 Å². The molecule has 2 aromatic rings. The van der Waals surface area contributed by atoms with Crippen molar-refractivity contribution in [3.63, 3.8) is 0 Å². The fourth-order valence-electron chi connectivity index (χ4n) is 1.84. The number of hydrogen-bond acceptors (Lipinski definition) is 2. The minimum absolute atomic E-state index is 0.266. The zero-order chi connectivity index (χ0) is 16.2. The molecule has 0 aliphatic heterocycles. The van der Waals surface area contributed by atoms with Crippen LogP contribution < -0.4 is 5.32 Å². The van der Waals surface area contributed by atoms with Gasteiger partial charge in [0.05, 0.1) is 0 Å². The third kappa shape index (κ3) is 4.82. The van der Waals surface area contributed by atoms with Crippen LogP contribution in [-0.4, -0.2) is 15.1 Å². The second-order valence-electron chi connectivity index (χ2n) is 4.64. The number of thioether (sulfide) groups is 1. The normalized spacial score (nSPS) is 12.7. The van der Waals surface area contributed by atoms with E-state index < -0.39 is 9.17 Å². The van der Waals surface area contributed by atoms with E-state index in [-0.39, 0.29) is 5.91 Å². The molecule has 0 spiro atoms. The first-order chi connectivity index (χ1) is 10.4. The lowest BCUT2D eigenvalue weighted by molar-refractivity contribution is 0.0949. The van der Waals surface area contributed by atoms with Crippen molar-refractivity contribution < 1.29 is 4.79 Å². The summed E-state index contributed by atoms with van der Waals surface area (Å²) in [6.45, 7) is 1.86. The van der Waals surface area contributed by atoms with Crippen molar-refractivity contribution in [2.45, 2.75) is 21.0 Å². The number of benzene rings is 2. The molecule has 0 aliphatic rings. The van der Waals surface area contributed by atoms with Gasteiger partial charge in [-0.15, -0.1) is 0 Å². The highest BCUT2D eigenvalue weighted by molar-refractivity contribution is 8.00. The number of alkyl halides is 3. The van der Waals surface area contributed by atoms with E-state index in [1.54, 1.807) is 12.1 Å². The average Bonchev–Trinajstić information content (AvgIpc) is 2.47. The molecule has 2 aromatic carbocycles. The maximum absolute atomic E-state index is 12.4.